The van der Waals surface area contributed by atoms with Crippen LogP contribution in [0.3, 0.4) is 0 Å². The fourth-order valence-corrected chi connectivity index (χ4v) is 3.54. The van der Waals surface area contributed by atoms with Crippen molar-refractivity contribution in [1.82, 2.24) is 4.90 Å². The van der Waals surface area contributed by atoms with E-state index in [2.05, 4.69) is 35.3 Å². The van der Waals surface area contributed by atoms with E-state index in [4.69, 9.17) is 10.1 Å². The molecule has 0 aromatic heterocycles. The predicted molar refractivity (Wildman–Crippen MR) is 102 cm³/mol. The maximum atomic E-state index is 12.0. The number of carbonyl (C=O) groups is 1. The Morgan fingerprint density at radius 3 is 2.58 bits per heavy atom. The fraction of sp³-hybridized carbons (Fsp3) is 0.286. The van der Waals surface area contributed by atoms with Crippen molar-refractivity contribution in [3.05, 3.63) is 54.1 Å². The molecule has 132 valence electrons. The molecule has 0 spiro atoms. The molecule has 2 aromatic carbocycles. The molecule has 1 heterocycles. The van der Waals surface area contributed by atoms with Gasteiger partial charge in [0.05, 0.1) is 13.5 Å². The van der Waals surface area contributed by atoms with E-state index in [9.17, 15) is 4.79 Å². The maximum Gasteiger partial charge on any atom is 0.234 e. The molecule has 0 bridgehead atoms. The van der Waals surface area contributed by atoms with E-state index in [1.807, 2.05) is 18.2 Å². The number of guanidine groups is 1. The average Bonchev–Trinajstić information content (AvgIpc) is 3.47. The lowest BCUT2D eigenvalue weighted by molar-refractivity contribution is -0.125. The van der Waals surface area contributed by atoms with Crippen LogP contribution in [-0.2, 0) is 4.79 Å². The van der Waals surface area contributed by atoms with Crippen molar-refractivity contribution in [2.75, 3.05) is 14.2 Å². The van der Waals surface area contributed by atoms with Crippen molar-refractivity contribution in [3.63, 3.8) is 0 Å². The van der Waals surface area contributed by atoms with Crippen molar-refractivity contribution in [2.45, 2.75) is 18.8 Å². The van der Waals surface area contributed by atoms with Gasteiger partial charge in [0.15, 0.2) is 0 Å². The molecular weight excluding hydrogens is 326 g/mol. The van der Waals surface area contributed by atoms with E-state index in [0.29, 0.717) is 12.3 Å². The Labute approximate surface area is 152 Å². The molecule has 2 aromatic rings. The molecule has 1 aliphatic heterocycles. The minimum absolute atomic E-state index is 0.0456. The van der Waals surface area contributed by atoms with Gasteiger partial charge in [-0.1, -0.05) is 36.4 Å². The zero-order valence-electron chi connectivity index (χ0n) is 14.9. The summed E-state index contributed by atoms with van der Waals surface area (Å²) >= 11 is 0. The second-order valence-electron chi connectivity index (χ2n) is 6.86. The highest BCUT2D eigenvalue weighted by Crippen LogP contribution is 2.50. The van der Waals surface area contributed by atoms with Gasteiger partial charge in [0.25, 0.3) is 0 Å². The van der Waals surface area contributed by atoms with Crippen LogP contribution in [0.15, 0.2) is 53.5 Å². The van der Waals surface area contributed by atoms with Crippen molar-refractivity contribution in [3.8, 4) is 16.9 Å². The Balaban J connectivity index is 1.56. The van der Waals surface area contributed by atoms with Crippen LogP contribution in [0.1, 0.15) is 24.3 Å². The molecule has 1 saturated carbocycles. The largest absolute Gasteiger partial charge is 0.497 e. The highest BCUT2D eigenvalue weighted by Gasteiger charge is 2.44. The van der Waals surface area contributed by atoms with Crippen molar-refractivity contribution in [1.29, 1.82) is 5.41 Å². The molecule has 1 N–H and O–H groups in total. The molecule has 5 nitrogen and oxygen atoms in total. The number of aliphatic imine (C=N–C) groups is 1. The van der Waals surface area contributed by atoms with Gasteiger partial charge >= 0.3 is 0 Å². The number of ether oxygens (including phenoxy) is 1. The monoisotopic (exact) mass is 347 g/mol. The van der Waals surface area contributed by atoms with Gasteiger partial charge in [-0.05, 0) is 41.2 Å². The van der Waals surface area contributed by atoms with E-state index in [1.54, 1.807) is 14.2 Å². The Morgan fingerprint density at radius 2 is 1.85 bits per heavy atom. The Hall–Kier alpha value is -2.95. The van der Waals surface area contributed by atoms with Crippen LogP contribution in [0.5, 0.6) is 5.75 Å². The zero-order valence-corrected chi connectivity index (χ0v) is 14.9. The summed E-state index contributed by atoms with van der Waals surface area (Å²) in [6, 6.07) is 16.6. The highest BCUT2D eigenvalue weighted by molar-refractivity contribution is 6.16. The molecule has 1 aliphatic carbocycles. The zero-order chi connectivity index (χ0) is 18.3. The summed E-state index contributed by atoms with van der Waals surface area (Å²) in [5.74, 6) is 1.49. The van der Waals surface area contributed by atoms with Crippen LogP contribution in [0.25, 0.3) is 11.1 Å². The molecule has 1 fully saturated rings. The first kappa shape index (κ1) is 16.5. The third-order valence-electron chi connectivity index (χ3n) is 5.21. The van der Waals surface area contributed by atoms with Gasteiger partial charge in [0, 0.05) is 18.7 Å². The van der Waals surface area contributed by atoms with Gasteiger partial charge in [-0.25, -0.2) is 4.99 Å². The first-order valence-corrected chi connectivity index (χ1v) is 8.74. The summed E-state index contributed by atoms with van der Waals surface area (Å²) < 4.78 is 5.32. The van der Waals surface area contributed by atoms with Gasteiger partial charge in [-0.2, -0.15) is 0 Å². The Morgan fingerprint density at radius 1 is 1.12 bits per heavy atom. The van der Waals surface area contributed by atoms with E-state index >= 15 is 0 Å². The van der Waals surface area contributed by atoms with Gasteiger partial charge in [-0.15, -0.1) is 0 Å². The summed E-state index contributed by atoms with van der Waals surface area (Å²) in [5, 5.41) is 7.84. The lowest BCUT2D eigenvalue weighted by atomic mass is 9.99. The summed E-state index contributed by atoms with van der Waals surface area (Å²) in [6.45, 7) is 0. The van der Waals surface area contributed by atoms with Crippen molar-refractivity contribution in [2.24, 2.45) is 10.9 Å². The molecule has 4 rings (SSSR count). The van der Waals surface area contributed by atoms with Gasteiger partial charge in [0.2, 0.25) is 11.9 Å². The highest BCUT2D eigenvalue weighted by atomic mass is 16.5. The second-order valence-corrected chi connectivity index (χ2v) is 6.86. The molecule has 0 radical (unpaired) electrons. The smallest absolute Gasteiger partial charge is 0.234 e. The maximum absolute atomic E-state index is 12.0. The standard InChI is InChI=1S/C21H21N3O2/c1-24-20(25)12-19(23-21(24)22)18-11-17(18)15-7-3-5-13(9-15)14-6-4-8-16(10-14)26-2/h3-10,17-18,22H,11-12H2,1-2H3/t17-,18-/m0/s1. The summed E-state index contributed by atoms with van der Waals surface area (Å²) in [6.07, 6.45) is 1.32. The van der Waals surface area contributed by atoms with E-state index < -0.39 is 0 Å². The van der Waals surface area contributed by atoms with Crippen LogP contribution in [0.4, 0.5) is 0 Å². The lowest BCUT2D eigenvalue weighted by Crippen LogP contribution is -2.38. The topological polar surface area (TPSA) is 65.8 Å². The molecule has 2 aliphatic rings. The molecule has 0 unspecified atom stereocenters. The molecule has 2 atom stereocenters. The predicted octanol–water partition coefficient (Wildman–Crippen LogP) is 3.70. The SMILES string of the molecule is COc1cccc(-c2cccc([C@@H]3C[C@@H]3C3=NC(=N)N(C)C(=O)C3)c2)c1. The van der Waals surface area contributed by atoms with Crippen LogP contribution >= 0.6 is 0 Å². The number of hydrogen-bond donors (Lipinski definition) is 1. The Bertz CT molecular complexity index is 919. The number of rotatable bonds is 4. The number of benzene rings is 2. The number of carbonyl (C=O) groups excluding carboxylic acids is 1. The van der Waals surface area contributed by atoms with Crippen molar-refractivity contribution >= 4 is 17.6 Å². The van der Waals surface area contributed by atoms with Crippen molar-refractivity contribution < 1.29 is 9.53 Å². The molecule has 1 amide bonds. The molecule has 5 heteroatoms. The number of hydrogen-bond acceptors (Lipinski definition) is 3. The normalized spacial score (nSPS) is 22.2. The third kappa shape index (κ3) is 3.01. The number of methoxy groups -OCH3 is 1. The average molecular weight is 347 g/mol. The third-order valence-corrected chi connectivity index (χ3v) is 5.21. The summed E-state index contributed by atoms with van der Waals surface area (Å²) in [4.78, 5) is 17.6. The number of nitrogens with one attached hydrogen (secondary N) is 1. The van der Waals surface area contributed by atoms with Crippen LogP contribution in [0, 0.1) is 11.3 Å². The quantitative estimate of drug-likeness (QED) is 0.916. The second kappa shape index (κ2) is 6.41. The Kier molecular flexibility index (Phi) is 4.07. The minimum Gasteiger partial charge on any atom is -0.497 e. The van der Waals surface area contributed by atoms with Crippen LogP contribution < -0.4 is 4.74 Å². The fourth-order valence-electron chi connectivity index (χ4n) is 3.54. The lowest BCUT2D eigenvalue weighted by Gasteiger charge is -2.21. The van der Waals surface area contributed by atoms with Gasteiger partial charge < -0.3 is 4.74 Å². The number of nitrogens with zero attached hydrogens (tertiary/aromatic N) is 2. The molecular formula is C21H21N3O2. The first-order valence-electron chi connectivity index (χ1n) is 8.74. The van der Waals surface area contributed by atoms with E-state index in [1.165, 1.54) is 10.5 Å². The van der Waals surface area contributed by atoms with Gasteiger partial charge in [-0.3, -0.25) is 15.1 Å². The number of amides is 1. The summed E-state index contributed by atoms with van der Waals surface area (Å²) in [7, 11) is 3.28. The van der Waals surface area contributed by atoms with E-state index in [0.717, 1.165) is 29.0 Å². The van der Waals surface area contributed by atoms with Gasteiger partial charge in [0.1, 0.15) is 5.75 Å². The molecule has 26 heavy (non-hydrogen) atoms. The first-order chi connectivity index (χ1) is 12.6. The minimum atomic E-state index is -0.0456. The molecule has 0 saturated heterocycles. The van der Waals surface area contributed by atoms with Crippen LogP contribution in [0.2, 0.25) is 0 Å². The summed E-state index contributed by atoms with van der Waals surface area (Å²) in [5.41, 5.74) is 4.39. The van der Waals surface area contributed by atoms with Crippen LogP contribution in [-0.4, -0.2) is 36.6 Å². The van der Waals surface area contributed by atoms with E-state index in [-0.39, 0.29) is 17.8 Å².